The molecular weight excluding hydrogens is 586 g/mol. The van der Waals surface area contributed by atoms with Crippen LogP contribution in [0.2, 0.25) is 0 Å². The first-order chi connectivity index (χ1) is 21.7. The minimum atomic E-state index is -0.599. The van der Waals surface area contributed by atoms with Crippen LogP contribution in [0.5, 0.6) is 0 Å². The van der Waals surface area contributed by atoms with Gasteiger partial charge in [0.1, 0.15) is 16.4 Å². The molecule has 0 aliphatic rings. The second kappa shape index (κ2) is 14.4. The number of hydrogen-bond donors (Lipinski definition) is 3. The Morgan fingerprint density at radius 2 is 1.78 bits per heavy atom. The van der Waals surface area contributed by atoms with Crippen molar-refractivity contribution in [1.82, 2.24) is 25.2 Å². The second-order valence-corrected chi connectivity index (χ2v) is 12.9. The number of unbranched alkanes of at least 4 members (excludes halogenated alkanes) is 1. The normalized spacial score (nSPS) is 11.5. The number of nitrogens with one attached hydrogen (secondary N) is 2. The maximum atomic E-state index is 13.1. The fourth-order valence-electron chi connectivity index (χ4n) is 4.94. The Morgan fingerprint density at radius 3 is 2.56 bits per heavy atom. The van der Waals surface area contributed by atoms with Crippen molar-refractivity contribution in [2.75, 3.05) is 31.5 Å². The molecule has 2 aromatic carbocycles. The number of primary amides is 1. The number of benzene rings is 2. The Bertz CT molecular complexity index is 1770. The van der Waals surface area contributed by atoms with Crippen LogP contribution in [0.25, 0.3) is 32.1 Å². The average Bonchev–Trinajstić information content (AvgIpc) is 3.50. The van der Waals surface area contributed by atoms with E-state index < -0.39 is 11.5 Å². The summed E-state index contributed by atoms with van der Waals surface area (Å²) in [5.74, 6) is 0.135. The minimum Gasteiger partial charge on any atom is -0.444 e. The third kappa shape index (κ3) is 8.52. The molecule has 0 aliphatic carbocycles. The zero-order valence-electron chi connectivity index (χ0n) is 25.9. The van der Waals surface area contributed by atoms with Gasteiger partial charge in [0.15, 0.2) is 0 Å². The fraction of sp³-hybridized carbons (Fsp3) is 0.324. The van der Waals surface area contributed by atoms with E-state index in [4.69, 9.17) is 15.5 Å². The Labute approximate surface area is 267 Å². The molecule has 0 saturated carbocycles. The molecule has 11 heteroatoms. The quantitative estimate of drug-likeness (QED) is 0.104. The average molecular weight is 626 g/mol. The number of fused-ring (bicyclic) bond motifs is 3. The van der Waals surface area contributed by atoms with Gasteiger partial charge in [0.05, 0.1) is 10.4 Å². The van der Waals surface area contributed by atoms with E-state index in [2.05, 4.69) is 32.7 Å². The lowest BCUT2D eigenvalue weighted by Gasteiger charge is -2.27. The van der Waals surface area contributed by atoms with Crippen molar-refractivity contribution in [3.05, 3.63) is 83.8 Å². The highest BCUT2D eigenvalue weighted by molar-refractivity contribution is 7.15. The Kier molecular flexibility index (Phi) is 10.2. The van der Waals surface area contributed by atoms with Crippen LogP contribution in [0, 0.1) is 0 Å². The standard InChI is InChI=1S/C34H39N7O3S/c1-34(2,3)44-33(43)41(17-8-7-14-36-22-30-39-21-29(45-30)23-9-5-4-6-10-23)18-16-38-32-26-13-15-37-20-27(26)25-12-11-24(31(35)42)19-28(25)40-32/h4-6,9-13,15,19-21,36H,7-8,14,16-18,22H2,1-3H3,(H2,35,42)(H,38,40). The summed E-state index contributed by atoms with van der Waals surface area (Å²) in [5, 5.41) is 10.6. The second-order valence-electron chi connectivity index (χ2n) is 11.7. The van der Waals surface area contributed by atoms with Crippen molar-refractivity contribution in [3.8, 4) is 10.4 Å². The molecular formula is C34H39N7O3S. The van der Waals surface area contributed by atoms with Gasteiger partial charge in [-0.3, -0.25) is 9.78 Å². The lowest BCUT2D eigenvalue weighted by Crippen LogP contribution is -2.40. The monoisotopic (exact) mass is 625 g/mol. The van der Waals surface area contributed by atoms with Gasteiger partial charge in [-0.15, -0.1) is 11.3 Å². The number of aromatic nitrogens is 3. The van der Waals surface area contributed by atoms with Crippen LogP contribution in [0.4, 0.5) is 10.6 Å². The molecule has 3 heterocycles. The zero-order valence-corrected chi connectivity index (χ0v) is 26.7. The molecule has 3 aromatic heterocycles. The van der Waals surface area contributed by atoms with Gasteiger partial charge in [0.25, 0.3) is 0 Å². The third-order valence-corrected chi connectivity index (χ3v) is 8.17. The maximum Gasteiger partial charge on any atom is 0.410 e. The summed E-state index contributed by atoms with van der Waals surface area (Å²) in [6.07, 6.45) is 6.80. The number of carbonyl (C=O) groups is 2. The number of anilines is 1. The zero-order chi connectivity index (χ0) is 31.8. The van der Waals surface area contributed by atoms with Crippen LogP contribution in [0.15, 0.2) is 73.2 Å². The first-order valence-corrected chi connectivity index (χ1v) is 15.9. The smallest absolute Gasteiger partial charge is 0.410 e. The first-order valence-electron chi connectivity index (χ1n) is 15.1. The molecule has 0 unspecified atom stereocenters. The van der Waals surface area contributed by atoms with E-state index in [9.17, 15) is 9.59 Å². The predicted octanol–water partition coefficient (Wildman–Crippen LogP) is 6.22. The van der Waals surface area contributed by atoms with Crippen LogP contribution in [-0.4, -0.2) is 63.6 Å². The lowest BCUT2D eigenvalue weighted by atomic mass is 10.1. The van der Waals surface area contributed by atoms with Crippen LogP contribution in [0.1, 0.15) is 49.0 Å². The third-order valence-electron chi connectivity index (χ3n) is 7.13. The molecule has 2 amide bonds. The summed E-state index contributed by atoms with van der Waals surface area (Å²) in [6, 6.07) is 17.4. The molecule has 10 nitrogen and oxygen atoms in total. The fourth-order valence-corrected chi connectivity index (χ4v) is 5.83. The highest BCUT2D eigenvalue weighted by atomic mass is 32.1. The van der Waals surface area contributed by atoms with E-state index in [1.54, 1.807) is 40.8 Å². The summed E-state index contributed by atoms with van der Waals surface area (Å²) in [5.41, 5.74) is 7.11. The van der Waals surface area contributed by atoms with E-state index in [0.717, 1.165) is 45.4 Å². The lowest BCUT2D eigenvalue weighted by molar-refractivity contribution is 0.0254. The number of thiazole rings is 1. The van der Waals surface area contributed by atoms with E-state index in [-0.39, 0.29) is 6.09 Å². The highest BCUT2D eigenvalue weighted by Gasteiger charge is 2.22. The Hall–Kier alpha value is -4.61. The van der Waals surface area contributed by atoms with Gasteiger partial charge >= 0.3 is 6.09 Å². The molecule has 5 aromatic rings. The van der Waals surface area contributed by atoms with Gasteiger partial charge in [-0.05, 0) is 63.9 Å². The summed E-state index contributed by atoms with van der Waals surface area (Å²) in [6.45, 7) is 8.57. The summed E-state index contributed by atoms with van der Waals surface area (Å²) in [4.78, 5) is 41.4. The maximum absolute atomic E-state index is 13.1. The predicted molar refractivity (Wildman–Crippen MR) is 180 cm³/mol. The summed E-state index contributed by atoms with van der Waals surface area (Å²) < 4.78 is 5.71. The molecule has 0 spiro atoms. The molecule has 0 radical (unpaired) electrons. The Morgan fingerprint density at radius 1 is 0.956 bits per heavy atom. The van der Waals surface area contributed by atoms with Crippen molar-refractivity contribution < 1.29 is 14.3 Å². The number of nitrogens with two attached hydrogens (primary N) is 1. The molecule has 234 valence electrons. The van der Waals surface area contributed by atoms with E-state index in [0.29, 0.717) is 43.1 Å². The number of nitrogens with zero attached hydrogens (tertiary/aromatic N) is 4. The molecule has 45 heavy (non-hydrogen) atoms. The summed E-state index contributed by atoms with van der Waals surface area (Å²) >= 11 is 1.69. The van der Waals surface area contributed by atoms with Crippen molar-refractivity contribution in [2.24, 2.45) is 5.73 Å². The number of amides is 2. The van der Waals surface area contributed by atoms with Crippen molar-refractivity contribution in [2.45, 2.75) is 45.8 Å². The van der Waals surface area contributed by atoms with Gasteiger partial charge in [-0.2, -0.15) is 0 Å². The van der Waals surface area contributed by atoms with Gasteiger partial charge in [-0.1, -0.05) is 36.4 Å². The molecule has 5 rings (SSSR count). The number of hydrogen-bond acceptors (Lipinski definition) is 9. The van der Waals surface area contributed by atoms with Gasteiger partial charge < -0.3 is 26.0 Å². The van der Waals surface area contributed by atoms with Gasteiger partial charge in [0, 0.05) is 66.5 Å². The van der Waals surface area contributed by atoms with Crippen LogP contribution >= 0.6 is 11.3 Å². The number of carbonyl (C=O) groups excluding carboxylic acids is 2. The van der Waals surface area contributed by atoms with E-state index >= 15 is 0 Å². The number of rotatable bonds is 13. The molecule has 0 atom stereocenters. The largest absolute Gasteiger partial charge is 0.444 e. The molecule has 0 aliphatic heterocycles. The molecule has 0 bridgehead atoms. The van der Waals surface area contributed by atoms with Crippen molar-refractivity contribution >= 4 is 50.8 Å². The topological polar surface area (TPSA) is 135 Å². The van der Waals surface area contributed by atoms with Crippen LogP contribution in [-0.2, 0) is 11.3 Å². The molecule has 0 fully saturated rings. The first kappa shape index (κ1) is 31.8. The van der Waals surface area contributed by atoms with Crippen LogP contribution < -0.4 is 16.4 Å². The minimum absolute atomic E-state index is 0.347. The van der Waals surface area contributed by atoms with E-state index in [1.807, 2.05) is 57.3 Å². The molecule has 4 N–H and O–H groups in total. The molecule has 0 saturated heterocycles. The van der Waals surface area contributed by atoms with Gasteiger partial charge in [-0.25, -0.2) is 14.8 Å². The van der Waals surface area contributed by atoms with Crippen molar-refractivity contribution in [1.29, 1.82) is 0 Å². The van der Waals surface area contributed by atoms with Crippen molar-refractivity contribution in [3.63, 3.8) is 0 Å². The summed E-state index contributed by atoms with van der Waals surface area (Å²) in [7, 11) is 0. The number of pyridine rings is 2. The van der Waals surface area contributed by atoms with E-state index in [1.165, 1.54) is 5.56 Å². The SMILES string of the molecule is CC(C)(C)OC(=O)N(CCCCNCc1ncc(-c2ccccc2)s1)CCNc1nc2cc(C(N)=O)ccc2c2cnccc12. The Balaban J connectivity index is 1.17. The highest BCUT2D eigenvalue weighted by Crippen LogP contribution is 2.29. The van der Waals surface area contributed by atoms with Crippen LogP contribution in [0.3, 0.4) is 0 Å². The number of ether oxygens (including phenoxy) is 1. The van der Waals surface area contributed by atoms with Gasteiger partial charge in [0.2, 0.25) is 5.91 Å².